The molecule has 1 heterocycles. The Morgan fingerprint density at radius 3 is 2.54 bits per heavy atom. The maximum atomic E-state index is 12.6. The highest BCUT2D eigenvalue weighted by Crippen LogP contribution is 2.29. The van der Waals surface area contributed by atoms with Crippen LogP contribution in [0, 0.1) is 5.95 Å². The van der Waals surface area contributed by atoms with Crippen molar-refractivity contribution < 1.29 is 23.4 Å². The SMILES string of the molecule is OCc1cc(C(F)F)c(O)c(F)n1. The molecular weight excluding hydrogens is 187 g/mol. The molecule has 1 rings (SSSR count). The highest BCUT2D eigenvalue weighted by molar-refractivity contribution is 5.33. The molecule has 2 N–H and O–H groups in total. The van der Waals surface area contributed by atoms with E-state index in [-0.39, 0.29) is 5.69 Å². The minimum absolute atomic E-state index is 0.245. The van der Waals surface area contributed by atoms with Crippen LogP contribution in [0.4, 0.5) is 13.2 Å². The van der Waals surface area contributed by atoms with Gasteiger partial charge >= 0.3 is 0 Å². The number of aliphatic hydroxyl groups excluding tert-OH is 1. The van der Waals surface area contributed by atoms with E-state index in [1.54, 1.807) is 0 Å². The molecule has 3 nitrogen and oxygen atoms in total. The Balaban J connectivity index is 3.25. The second-order valence-corrected chi connectivity index (χ2v) is 2.30. The first-order chi connectivity index (χ1) is 6.06. The van der Waals surface area contributed by atoms with Gasteiger partial charge in [0.2, 0.25) is 0 Å². The van der Waals surface area contributed by atoms with Gasteiger partial charge in [-0.25, -0.2) is 13.8 Å². The summed E-state index contributed by atoms with van der Waals surface area (Å²) in [6, 6.07) is 0.753. The third-order valence-corrected chi connectivity index (χ3v) is 1.43. The molecule has 1 aromatic heterocycles. The first-order valence-corrected chi connectivity index (χ1v) is 3.33. The summed E-state index contributed by atoms with van der Waals surface area (Å²) in [5, 5.41) is 17.3. The molecule has 0 spiro atoms. The molecular formula is C7H6F3NO2. The molecule has 0 atom stereocenters. The zero-order valence-corrected chi connectivity index (χ0v) is 6.34. The Bertz CT molecular complexity index is 317. The summed E-state index contributed by atoms with van der Waals surface area (Å²) in [6.45, 7) is -0.656. The summed E-state index contributed by atoms with van der Waals surface area (Å²) in [6.07, 6.45) is -3.00. The van der Waals surface area contributed by atoms with Gasteiger partial charge in [-0.05, 0) is 6.07 Å². The van der Waals surface area contributed by atoms with Gasteiger partial charge in [0, 0.05) is 0 Å². The molecule has 0 aromatic carbocycles. The van der Waals surface area contributed by atoms with Gasteiger partial charge in [0.1, 0.15) is 0 Å². The fourth-order valence-electron chi connectivity index (χ4n) is 0.826. The molecule has 13 heavy (non-hydrogen) atoms. The molecule has 72 valence electrons. The molecule has 0 bridgehead atoms. The number of hydrogen-bond acceptors (Lipinski definition) is 3. The number of aliphatic hydroxyl groups is 1. The minimum Gasteiger partial charge on any atom is -0.503 e. The number of aromatic hydroxyl groups is 1. The van der Waals surface area contributed by atoms with Crippen molar-refractivity contribution in [3.8, 4) is 5.75 Å². The third-order valence-electron chi connectivity index (χ3n) is 1.43. The summed E-state index contributed by atoms with van der Waals surface area (Å²) in [4.78, 5) is 3.03. The number of aromatic nitrogens is 1. The summed E-state index contributed by atoms with van der Waals surface area (Å²) in [7, 11) is 0. The lowest BCUT2D eigenvalue weighted by atomic mass is 10.2. The average molecular weight is 193 g/mol. The zero-order chi connectivity index (χ0) is 10.0. The van der Waals surface area contributed by atoms with Crippen molar-refractivity contribution >= 4 is 0 Å². The van der Waals surface area contributed by atoms with Crippen molar-refractivity contribution in [1.29, 1.82) is 0 Å². The molecule has 0 unspecified atom stereocenters. The fraction of sp³-hybridized carbons (Fsp3) is 0.286. The van der Waals surface area contributed by atoms with E-state index in [4.69, 9.17) is 10.2 Å². The van der Waals surface area contributed by atoms with E-state index in [1.165, 1.54) is 0 Å². The number of alkyl halides is 2. The maximum Gasteiger partial charge on any atom is 0.267 e. The van der Waals surface area contributed by atoms with Gasteiger partial charge in [0.25, 0.3) is 12.4 Å². The van der Waals surface area contributed by atoms with E-state index in [0.29, 0.717) is 0 Å². The summed E-state index contributed by atoms with van der Waals surface area (Å²) < 4.78 is 36.8. The highest BCUT2D eigenvalue weighted by Gasteiger charge is 2.18. The highest BCUT2D eigenvalue weighted by atomic mass is 19.3. The fourth-order valence-corrected chi connectivity index (χ4v) is 0.826. The molecule has 0 fully saturated rings. The first kappa shape index (κ1) is 9.79. The lowest BCUT2D eigenvalue weighted by Gasteiger charge is -2.05. The van der Waals surface area contributed by atoms with Gasteiger partial charge in [-0.15, -0.1) is 0 Å². The van der Waals surface area contributed by atoms with E-state index in [9.17, 15) is 13.2 Å². The van der Waals surface area contributed by atoms with Crippen LogP contribution in [0.2, 0.25) is 0 Å². The Morgan fingerprint density at radius 2 is 2.08 bits per heavy atom. The van der Waals surface area contributed by atoms with Crippen LogP contribution in [0.25, 0.3) is 0 Å². The number of nitrogens with zero attached hydrogens (tertiary/aromatic N) is 1. The van der Waals surface area contributed by atoms with Crippen molar-refractivity contribution in [2.45, 2.75) is 13.0 Å². The van der Waals surface area contributed by atoms with Crippen LogP contribution in [0.1, 0.15) is 17.7 Å². The van der Waals surface area contributed by atoms with Crippen molar-refractivity contribution in [3.05, 3.63) is 23.3 Å². The monoisotopic (exact) mass is 193 g/mol. The second kappa shape index (κ2) is 3.61. The standard InChI is InChI=1S/C7H6F3NO2/c8-6(9)4-1-3(2-12)11-7(10)5(4)13/h1,6,12-13H,2H2. The van der Waals surface area contributed by atoms with Gasteiger partial charge in [0.15, 0.2) is 5.75 Å². The summed E-state index contributed by atoms with van der Waals surface area (Å²) in [5.74, 6) is -2.57. The van der Waals surface area contributed by atoms with Crippen LogP contribution in [-0.2, 0) is 6.61 Å². The van der Waals surface area contributed by atoms with Crippen LogP contribution in [0.15, 0.2) is 6.07 Å². The molecule has 0 radical (unpaired) electrons. The average Bonchev–Trinajstić information content (AvgIpc) is 2.09. The lowest BCUT2D eigenvalue weighted by Crippen LogP contribution is -1.98. The molecule has 0 aliphatic rings. The van der Waals surface area contributed by atoms with Crippen molar-refractivity contribution in [1.82, 2.24) is 4.98 Å². The van der Waals surface area contributed by atoms with E-state index in [2.05, 4.69) is 4.98 Å². The van der Waals surface area contributed by atoms with Gasteiger partial charge < -0.3 is 10.2 Å². The number of hydrogen-bond donors (Lipinski definition) is 2. The quantitative estimate of drug-likeness (QED) is 0.697. The minimum atomic E-state index is -3.00. The maximum absolute atomic E-state index is 12.6. The van der Waals surface area contributed by atoms with E-state index >= 15 is 0 Å². The van der Waals surface area contributed by atoms with Gasteiger partial charge in [-0.3, -0.25) is 0 Å². The number of pyridine rings is 1. The van der Waals surface area contributed by atoms with Gasteiger partial charge in [-0.2, -0.15) is 4.39 Å². The van der Waals surface area contributed by atoms with Crippen molar-refractivity contribution in [2.75, 3.05) is 0 Å². The van der Waals surface area contributed by atoms with Crippen molar-refractivity contribution in [3.63, 3.8) is 0 Å². The zero-order valence-electron chi connectivity index (χ0n) is 6.34. The summed E-state index contributed by atoms with van der Waals surface area (Å²) >= 11 is 0. The van der Waals surface area contributed by atoms with Gasteiger partial charge in [-0.1, -0.05) is 0 Å². The first-order valence-electron chi connectivity index (χ1n) is 3.33. The lowest BCUT2D eigenvalue weighted by molar-refractivity contribution is 0.145. The summed E-state index contributed by atoms with van der Waals surface area (Å²) in [5.41, 5.74) is -1.11. The number of halogens is 3. The molecule has 0 aliphatic carbocycles. The second-order valence-electron chi connectivity index (χ2n) is 2.30. The Kier molecular flexibility index (Phi) is 2.72. The van der Waals surface area contributed by atoms with Crippen LogP contribution in [-0.4, -0.2) is 15.2 Å². The molecule has 1 aromatic rings. The van der Waals surface area contributed by atoms with E-state index in [1.807, 2.05) is 0 Å². The van der Waals surface area contributed by atoms with Gasteiger partial charge in [0.05, 0.1) is 17.9 Å². The Hall–Kier alpha value is -1.30. The largest absolute Gasteiger partial charge is 0.503 e. The normalized spacial score (nSPS) is 10.8. The Morgan fingerprint density at radius 1 is 1.46 bits per heavy atom. The van der Waals surface area contributed by atoms with Crippen LogP contribution < -0.4 is 0 Å². The number of rotatable bonds is 2. The smallest absolute Gasteiger partial charge is 0.267 e. The molecule has 0 aliphatic heterocycles. The molecule has 0 amide bonds. The Labute approximate surface area is 71.5 Å². The van der Waals surface area contributed by atoms with Crippen LogP contribution in [0.3, 0.4) is 0 Å². The van der Waals surface area contributed by atoms with Crippen LogP contribution >= 0.6 is 0 Å². The third kappa shape index (κ3) is 1.89. The van der Waals surface area contributed by atoms with E-state index in [0.717, 1.165) is 6.07 Å². The molecule has 6 heteroatoms. The predicted molar refractivity (Wildman–Crippen MR) is 36.7 cm³/mol. The predicted octanol–water partition coefficient (Wildman–Crippen LogP) is 1.36. The van der Waals surface area contributed by atoms with Crippen molar-refractivity contribution in [2.24, 2.45) is 0 Å². The van der Waals surface area contributed by atoms with Crippen LogP contribution in [0.5, 0.6) is 5.75 Å². The van der Waals surface area contributed by atoms with E-state index < -0.39 is 30.3 Å². The molecule has 0 saturated heterocycles. The molecule has 0 saturated carbocycles. The topological polar surface area (TPSA) is 53.4 Å².